The maximum Gasteiger partial charge on any atom is 0.431 e. The highest BCUT2D eigenvalue weighted by atomic mass is 19.4. The van der Waals surface area contributed by atoms with Gasteiger partial charge in [0.2, 0.25) is 0 Å². The first kappa shape index (κ1) is 20.5. The quantitative estimate of drug-likeness (QED) is 0.645. The number of aryl methyl sites for hydroxylation is 1. The molecule has 0 saturated carbocycles. The van der Waals surface area contributed by atoms with Crippen LogP contribution in [0.1, 0.15) is 53.5 Å². The van der Waals surface area contributed by atoms with E-state index in [9.17, 15) is 18.0 Å². The first-order valence-electron chi connectivity index (χ1n) is 9.87. The Balaban J connectivity index is 1.86. The lowest BCUT2D eigenvalue weighted by Gasteiger charge is -2.23. The van der Waals surface area contributed by atoms with Crippen molar-refractivity contribution < 1.29 is 18.0 Å². The van der Waals surface area contributed by atoms with Gasteiger partial charge in [-0.1, -0.05) is 24.6 Å². The van der Waals surface area contributed by atoms with Gasteiger partial charge < -0.3 is 9.47 Å². The third kappa shape index (κ3) is 4.78. The molecule has 1 aromatic carbocycles. The van der Waals surface area contributed by atoms with Gasteiger partial charge >= 0.3 is 6.18 Å². The van der Waals surface area contributed by atoms with Crippen LogP contribution in [0.3, 0.4) is 0 Å². The van der Waals surface area contributed by atoms with Crippen molar-refractivity contribution in [3.05, 3.63) is 58.9 Å². The van der Waals surface area contributed by atoms with E-state index >= 15 is 0 Å². The number of carbonyl (C=O) groups is 1. The molecule has 1 aromatic heterocycles. The largest absolute Gasteiger partial charge is 0.431 e. The van der Waals surface area contributed by atoms with E-state index in [-0.39, 0.29) is 5.91 Å². The van der Waals surface area contributed by atoms with Gasteiger partial charge in [0.25, 0.3) is 5.91 Å². The van der Waals surface area contributed by atoms with Crippen molar-refractivity contribution in [1.82, 2.24) is 9.47 Å². The normalized spacial score (nSPS) is 19.0. The van der Waals surface area contributed by atoms with Gasteiger partial charge in [-0.25, -0.2) is 0 Å². The molecule has 6 heteroatoms. The number of benzene rings is 1. The fraction of sp³-hybridized carbons (Fsp3) is 0.500. The van der Waals surface area contributed by atoms with Crippen molar-refractivity contribution in [2.75, 3.05) is 13.1 Å². The van der Waals surface area contributed by atoms with Gasteiger partial charge in [0.05, 0.1) is 0 Å². The number of amides is 1. The van der Waals surface area contributed by atoms with Crippen LogP contribution < -0.4 is 0 Å². The first-order valence-corrected chi connectivity index (χ1v) is 9.87. The molecule has 0 radical (unpaired) electrons. The van der Waals surface area contributed by atoms with Crippen molar-refractivity contribution in [1.29, 1.82) is 0 Å². The molecule has 2 aromatic rings. The molecule has 0 aliphatic carbocycles. The summed E-state index contributed by atoms with van der Waals surface area (Å²) in [6.45, 7) is 5.43. The maximum atomic E-state index is 13.4. The summed E-state index contributed by atoms with van der Waals surface area (Å²) in [5.41, 5.74) is 1.70. The SMILES string of the molecule is Cc1cccc(C(=O)N2CCCC(C)CCn3c(ccc3C(F)(F)F)CC2)c1. The van der Waals surface area contributed by atoms with E-state index in [2.05, 4.69) is 6.92 Å². The topological polar surface area (TPSA) is 25.2 Å². The fourth-order valence-electron chi connectivity index (χ4n) is 3.89. The van der Waals surface area contributed by atoms with Crippen LogP contribution in [0, 0.1) is 12.8 Å². The van der Waals surface area contributed by atoms with Crippen LogP contribution in [0.25, 0.3) is 0 Å². The lowest BCUT2D eigenvalue weighted by atomic mass is 10.0. The first-order chi connectivity index (χ1) is 13.3. The van der Waals surface area contributed by atoms with Gasteiger partial charge in [-0.2, -0.15) is 13.2 Å². The minimum Gasteiger partial charge on any atom is -0.341 e. The number of rotatable bonds is 1. The van der Waals surface area contributed by atoms with Crippen LogP contribution >= 0.6 is 0 Å². The lowest BCUT2D eigenvalue weighted by Crippen LogP contribution is -2.34. The molecular formula is C22H27F3N2O. The van der Waals surface area contributed by atoms with E-state index in [1.54, 1.807) is 17.0 Å². The van der Waals surface area contributed by atoms with Crippen LogP contribution in [0.5, 0.6) is 0 Å². The second-order valence-corrected chi connectivity index (χ2v) is 7.81. The van der Waals surface area contributed by atoms with E-state index in [1.807, 2.05) is 25.1 Å². The van der Waals surface area contributed by atoms with Gasteiger partial charge in [0.1, 0.15) is 5.69 Å². The van der Waals surface area contributed by atoms with Crippen LogP contribution in [0.2, 0.25) is 0 Å². The van der Waals surface area contributed by atoms with Crippen molar-refractivity contribution in [2.45, 2.75) is 52.3 Å². The second-order valence-electron chi connectivity index (χ2n) is 7.81. The number of fused-ring (bicyclic) bond motifs is 1. The zero-order chi connectivity index (χ0) is 20.3. The predicted molar refractivity (Wildman–Crippen MR) is 103 cm³/mol. The Bertz CT molecular complexity index is 825. The van der Waals surface area contributed by atoms with E-state index in [1.165, 1.54) is 10.6 Å². The van der Waals surface area contributed by atoms with E-state index in [4.69, 9.17) is 0 Å². The maximum absolute atomic E-state index is 13.4. The molecule has 0 fully saturated rings. The van der Waals surface area contributed by atoms with Gasteiger partial charge in [-0.3, -0.25) is 4.79 Å². The smallest absolute Gasteiger partial charge is 0.341 e. The molecule has 1 atom stereocenters. The van der Waals surface area contributed by atoms with Crippen molar-refractivity contribution in [3.63, 3.8) is 0 Å². The molecule has 1 aliphatic rings. The van der Waals surface area contributed by atoms with Crippen LogP contribution in [-0.4, -0.2) is 28.5 Å². The highest BCUT2D eigenvalue weighted by Gasteiger charge is 2.35. The summed E-state index contributed by atoms with van der Waals surface area (Å²) in [6, 6.07) is 10.2. The Morgan fingerprint density at radius 3 is 2.57 bits per heavy atom. The minimum absolute atomic E-state index is 0.0512. The molecule has 1 aliphatic heterocycles. The van der Waals surface area contributed by atoms with Crippen molar-refractivity contribution in [2.24, 2.45) is 5.92 Å². The molecule has 0 bridgehead atoms. The molecule has 3 nitrogen and oxygen atoms in total. The molecule has 28 heavy (non-hydrogen) atoms. The van der Waals surface area contributed by atoms with Crippen molar-refractivity contribution in [3.8, 4) is 0 Å². The van der Waals surface area contributed by atoms with E-state index in [0.717, 1.165) is 18.4 Å². The molecule has 0 saturated heterocycles. The number of halogens is 3. The Labute approximate surface area is 164 Å². The number of nitrogens with zero attached hydrogens (tertiary/aromatic N) is 2. The van der Waals surface area contributed by atoms with Crippen LogP contribution in [0.15, 0.2) is 36.4 Å². The minimum atomic E-state index is -4.36. The summed E-state index contributed by atoms with van der Waals surface area (Å²) in [5.74, 6) is 0.259. The van der Waals surface area contributed by atoms with Crippen LogP contribution in [0.4, 0.5) is 13.2 Å². The molecule has 1 amide bonds. The van der Waals surface area contributed by atoms with Gasteiger partial charge in [0.15, 0.2) is 0 Å². The molecule has 152 valence electrons. The molecule has 2 heterocycles. The predicted octanol–water partition coefficient (Wildman–Crippen LogP) is 5.32. The molecule has 0 N–H and O–H groups in total. The zero-order valence-electron chi connectivity index (χ0n) is 16.4. The molecule has 1 unspecified atom stereocenters. The monoisotopic (exact) mass is 392 g/mol. The van der Waals surface area contributed by atoms with Crippen molar-refractivity contribution >= 4 is 5.91 Å². The number of alkyl halides is 3. The van der Waals surface area contributed by atoms with Gasteiger partial charge in [-0.05, 0) is 56.4 Å². The third-order valence-electron chi connectivity index (χ3n) is 5.52. The Hall–Kier alpha value is -2.24. The summed E-state index contributed by atoms with van der Waals surface area (Å²) in [6.07, 6.45) is -1.48. The Kier molecular flexibility index (Phi) is 6.16. The second kappa shape index (κ2) is 8.41. The standard InChI is InChI=1S/C22H27F3N2O/c1-16-6-4-12-26(21(28)18-7-3-5-17(2)15-18)13-11-19-8-9-20(22(23,24)25)27(19)14-10-16/h3,5,7-9,15-16H,4,6,10-14H2,1-2H3. The number of hydrogen-bond donors (Lipinski definition) is 0. The number of carbonyl (C=O) groups excluding carboxylic acids is 1. The molecular weight excluding hydrogens is 365 g/mol. The fourth-order valence-corrected chi connectivity index (χ4v) is 3.89. The summed E-state index contributed by atoms with van der Waals surface area (Å²) in [7, 11) is 0. The van der Waals surface area contributed by atoms with E-state index < -0.39 is 11.9 Å². The summed E-state index contributed by atoms with van der Waals surface area (Å²) >= 11 is 0. The Morgan fingerprint density at radius 1 is 1.07 bits per heavy atom. The average Bonchev–Trinajstić information content (AvgIpc) is 3.04. The number of hydrogen-bond acceptors (Lipinski definition) is 1. The highest BCUT2D eigenvalue weighted by molar-refractivity contribution is 5.94. The van der Waals surface area contributed by atoms with Gasteiger partial charge in [-0.15, -0.1) is 0 Å². The van der Waals surface area contributed by atoms with Crippen LogP contribution in [-0.2, 0) is 19.1 Å². The Morgan fingerprint density at radius 2 is 1.86 bits per heavy atom. The lowest BCUT2D eigenvalue weighted by molar-refractivity contribution is -0.143. The van der Waals surface area contributed by atoms with Gasteiger partial charge in [0, 0.05) is 37.3 Å². The number of aromatic nitrogens is 1. The zero-order valence-corrected chi connectivity index (χ0v) is 16.4. The molecule has 0 spiro atoms. The molecule has 3 rings (SSSR count). The summed E-state index contributed by atoms with van der Waals surface area (Å²) < 4.78 is 41.5. The highest BCUT2D eigenvalue weighted by Crippen LogP contribution is 2.32. The average molecular weight is 392 g/mol. The summed E-state index contributed by atoms with van der Waals surface area (Å²) in [4.78, 5) is 14.8. The van der Waals surface area contributed by atoms with E-state index in [0.29, 0.717) is 49.7 Å². The summed E-state index contributed by atoms with van der Waals surface area (Å²) in [5, 5.41) is 0. The third-order valence-corrected chi connectivity index (χ3v) is 5.52.